The molecule has 27 heavy (non-hydrogen) atoms. The number of hydrogen-bond acceptors (Lipinski definition) is 4. The smallest absolute Gasteiger partial charge is 0.414 e. The Balaban J connectivity index is 0.000000380. The Morgan fingerprint density at radius 3 is 2.07 bits per heavy atom. The van der Waals surface area contributed by atoms with Gasteiger partial charge in [-0.1, -0.05) is 37.8 Å². The first-order chi connectivity index (χ1) is 13.0. The minimum absolute atomic E-state index is 0.121. The minimum Gasteiger partial charge on any atom is -0.473 e. The van der Waals surface area contributed by atoms with Gasteiger partial charge in [0.1, 0.15) is 5.82 Å². The van der Waals surface area contributed by atoms with Crippen LogP contribution in [-0.4, -0.2) is 64.2 Å². The molecule has 6 nitrogen and oxygen atoms in total. The van der Waals surface area contributed by atoms with Crippen molar-refractivity contribution in [1.82, 2.24) is 9.80 Å². The molecular weight excluding hydrogens is 351 g/mol. The number of halogens is 1. The molecule has 2 fully saturated rings. The van der Waals surface area contributed by atoms with Gasteiger partial charge in [0.15, 0.2) is 0 Å². The van der Waals surface area contributed by atoms with Crippen molar-refractivity contribution in [3.8, 4) is 0 Å². The molecule has 0 radical (unpaired) electrons. The second kappa shape index (κ2) is 11.0. The van der Waals surface area contributed by atoms with Crippen molar-refractivity contribution < 1.29 is 24.2 Å². The highest BCUT2D eigenvalue weighted by molar-refractivity contribution is 6.27. The summed E-state index contributed by atoms with van der Waals surface area (Å²) >= 11 is 0. The quantitative estimate of drug-likeness (QED) is 0.620. The summed E-state index contributed by atoms with van der Waals surface area (Å²) in [7, 11) is 0. The molecule has 0 amide bonds. The molecule has 0 bridgehead atoms. The van der Waals surface area contributed by atoms with Crippen LogP contribution < -0.4 is 0 Å². The Morgan fingerprint density at radius 2 is 1.56 bits per heavy atom. The predicted molar refractivity (Wildman–Crippen MR) is 100 cm³/mol. The summed E-state index contributed by atoms with van der Waals surface area (Å²) in [6.45, 7) is 5.48. The van der Waals surface area contributed by atoms with Crippen LogP contribution in [0.25, 0.3) is 0 Å². The van der Waals surface area contributed by atoms with E-state index < -0.39 is 11.9 Å². The van der Waals surface area contributed by atoms with Crippen molar-refractivity contribution in [1.29, 1.82) is 0 Å². The number of carboxylic acid groups (broad SMARTS) is 2. The van der Waals surface area contributed by atoms with Gasteiger partial charge in [-0.2, -0.15) is 0 Å². The van der Waals surface area contributed by atoms with Gasteiger partial charge < -0.3 is 10.2 Å². The van der Waals surface area contributed by atoms with Crippen molar-refractivity contribution in [2.75, 3.05) is 26.2 Å². The maximum absolute atomic E-state index is 13.2. The summed E-state index contributed by atoms with van der Waals surface area (Å²) in [5.74, 6) is -3.77. The highest BCUT2D eigenvalue weighted by atomic mass is 19.1. The SMILES string of the molecule is Fc1cccc(CN2CCN(C3CCCCCC3)CC2)c1.O=C(O)C(=O)O. The van der Waals surface area contributed by atoms with Gasteiger partial charge in [0.2, 0.25) is 0 Å². The molecule has 1 aromatic carbocycles. The summed E-state index contributed by atoms with van der Waals surface area (Å²) in [6, 6.07) is 7.85. The maximum Gasteiger partial charge on any atom is 0.414 e. The van der Waals surface area contributed by atoms with Crippen LogP contribution in [0.5, 0.6) is 0 Å². The third-order valence-electron chi connectivity index (χ3n) is 5.23. The van der Waals surface area contributed by atoms with Gasteiger partial charge in [0, 0.05) is 38.8 Å². The van der Waals surface area contributed by atoms with Crippen molar-refractivity contribution in [2.24, 2.45) is 0 Å². The lowest BCUT2D eigenvalue weighted by Gasteiger charge is -2.39. The van der Waals surface area contributed by atoms with Crippen LogP contribution in [-0.2, 0) is 16.1 Å². The van der Waals surface area contributed by atoms with Gasteiger partial charge in [0.25, 0.3) is 0 Å². The van der Waals surface area contributed by atoms with Crippen molar-refractivity contribution >= 4 is 11.9 Å². The first-order valence-electron chi connectivity index (χ1n) is 9.63. The third-order valence-corrected chi connectivity index (χ3v) is 5.23. The molecule has 2 aliphatic rings. The van der Waals surface area contributed by atoms with Crippen LogP contribution in [0.3, 0.4) is 0 Å². The van der Waals surface area contributed by atoms with Gasteiger partial charge >= 0.3 is 11.9 Å². The maximum atomic E-state index is 13.2. The standard InChI is InChI=1S/C18H27FN2.C2H2O4/c19-17-7-5-6-16(14-17)15-20-10-12-21(13-11-20)18-8-3-1-2-4-9-18;3-1(4)2(5)6/h5-7,14,18H,1-4,8-13,15H2;(H,3,4)(H,5,6). The molecule has 1 saturated heterocycles. The molecule has 1 aromatic rings. The normalized spacial score (nSPS) is 19.6. The van der Waals surface area contributed by atoms with Gasteiger partial charge in [-0.25, -0.2) is 14.0 Å². The Bertz CT molecular complexity index is 598. The molecule has 0 aromatic heterocycles. The van der Waals surface area contributed by atoms with Crippen LogP contribution >= 0.6 is 0 Å². The zero-order valence-corrected chi connectivity index (χ0v) is 15.6. The Labute approximate surface area is 159 Å². The summed E-state index contributed by atoms with van der Waals surface area (Å²) < 4.78 is 13.2. The van der Waals surface area contributed by atoms with Crippen LogP contribution in [0.1, 0.15) is 44.1 Å². The zero-order valence-electron chi connectivity index (χ0n) is 15.6. The van der Waals surface area contributed by atoms with E-state index in [9.17, 15) is 4.39 Å². The molecule has 1 heterocycles. The molecule has 1 aliphatic heterocycles. The lowest BCUT2D eigenvalue weighted by molar-refractivity contribution is -0.159. The van der Waals surface area contributed by atoms with Gasteiger partial charge in [-0.05, 0) is 30.5 Å². The van der Waals surface area contributed by atoms with E-state index in [1.807, 2.05) is 12.1 Å². The van der Waals surface area contributed by atoms with E-state index in [2.05, 4.69) is 9.80 Å². The lowest BCUT2D eigenvalue weighted by atomic mass is 10.1. The summed E-state index contributed by atoms with van der Waals surface area (Å²) in [6.07, 6.45) is 8.46. The zero-order chi connectivity index (χ0) is 19.6. The summed E-state index contributed by atoms with van der Waals surface area (Å²) in [5.41, 5.74) is 1.10. The lowest BCUT2D eigenvalue weighted by Crippen LogP contribution is -2.49. The second-order valence-corrected chi connectivity index (χ2v) is 7.20. The molecule has 150 valence electrons. The molecule has 0 atom stereocenters. The predicted octanol–water partition coefficient (Wildman–Crippen LogP) is 2.82. The van der Waals surface area contributed by atoms with Gasteiger partial charge in [0.05, 0.1) is 0 Å². The number of rotatable bonds is 3. The molecule has 2 N–H and O–H groups in total. The van der Waals surface area contributed by atoms with Crippen LogP contribution in [0.15, 0.2) is 24.3 Å². The van der Waals surface area contributed by atoms with E-state index in [0.29, 0.717) is 0 Å². The topological polar surface area (TPSA) is 81.1 Å². The number of hydrogen-bond donors (Lipinski definition) is 2. The van der Waals surface area contributed by atoms with Gasteiger partial charge in [-0.15, -0.1) is 0 Å². The fourth-order valence-electron chi connectivity index (χ4n) is 3.80. The minimum atomic E-state index is -1.82. The molecule has 7 heteroatoms. The van der Waals surface area contributed by atoms with E-state index in [1.165, 1.54) is 57.7 Å². The summed E-state index contributed by atoms with van der Waals surface area (Å²) in [5, 5.41) is 14.8. The molecular formula is C20H29FN2O4. The van der Waals surface area contributed by atoms with Crippen molar-refractivity contribution in [2.45, 2.75) is 51.1 Å². The molecule has 0 spiro atoms. The molecule has 1 aliphatic carbocycles. The molecule has 0 unspecified atom stereocenters. The average molecular weight is 380 g/mol. The van der Waals surface area contributed by atoms with E-state index in [-0.39, 0.29) is 5.82 Å². The number of aliphatic carboxylic acids is 2. The van der Waals surface area contributed by atoms with E-state index in [4.69, 9.17) is 19.8 Å². The number of benzene rings is 1. The van der Waals surface area contributed by atoms with Crippen LogP contribution in [0, 0.1) is 5.82 Å². The largest absolute Gasteiger partial charge is 0.473 e. The Morgan fingerprint density at radius 1 is 0.963 bits per heavy atom. The van der Waals surface area contributed by atoms with Crippen LogP contribution in [0.2, 0.25) is 0 Å². The highest BCUT2D eigenvalue weighted by Crippen LogP contribution is 2.23. The average Bonchev–Trinajstić information content (AvgIpc) is 2.92. The van der Waals surface area contributed by atoms with Crippen molar-refractivity contribution in [3.63, 3.8) is 0 Å². The summed E-state index contributed by atoms with van der Waals surface area (Å²) in [4.78, 5) is 23.4. The van der Waals surface area contributed by atoms with E-state index >= 15 is 0 Å². The van der Waals surface area contributed by atoms with E-state index in [1.54, 1.807) is 6.07 Å². The Hall–Kier alpha value is -1.99. The first kappa shape index (κ1) is 21.3. The monoisotopic (exact) mass is 380 g/mol. The number of piperazine rings is 1. The Kier molecular flexibility index (Phi) is 8.67. The molecule has 1 saturated carbocycles. The number of carbonyl (C=O) groups is 2. The highest BCUT2D eigenvalue weighted by Gasteiger charge is 2.24. The van der Waals surface area contributed by atoms with E-state index in [0.717, 1.165) is 31.2 Å². The van der Waals surface area contributed by atoms with Gasteiger partial charge in [-0.3, -0.25) is 9.80 Å². The number of nitrogens with zero attached hydrogens (tertiary/aromatic N) is 2. The molecule has 3 rings (SSSR count). The fourth-order valence-corrected chi connectivity index (χ4v) is 3.80. The number of carboxylic acids is 2. The second-order valence-electron chi connectivity index (χ2n) is 7.20. The third kappa shape index (κ3) is 7.64. The van der Waals surface area contributed by atoms with Crippen molar-refractivity contribution in [3.05, 3.63) is 35.6 Å². The van der Waals surface area contributed by atoms with Crippen LogP contribution in [0.4, 0.5) is 4.39 Å². The fraction of sp³-hybridized carbons (Fsp3) is 0.600. The first-order valence-corrected chi connectivity index (χ1v) is 9.63.